The third kappa shape index (κ3) is 7.85. The highest BCUT2D eigenvalue weighted by Gasteiger charge is 2.46. The molecule has 0 fully saturated rings. The summed E-state index contributed by atoms with van der Waals surface area (Å²) in [5, 5.41) is 0. The number of hydrogen-bond donors (Lipinski definition) is 0. The van der Waals surface area contributed by atoms with Crippen molar-refractivity contribution in [3.8, 4) is 56.4 Å². The van der Waals surface area contributed by atoms with E-state index in [0.29, 0.717) is 5.75 Å². The lowest BCUT2D eigenvalue weighted by Gasteiger charge is -2.45. The smallest absolute Gasteiger partial charge is 0.252 e. The fourth-order valence-electron chi connectivity index (χ4n) is 13.2. The quantitative estimate of drug-likeness (QED) is 0.147. The van der Waals surface area contributed by atoms with Crippen molar-refractivity contribution in [1.29, 1.82) is 0 Å². The molecule has 10 aromatic rings. The first-order valence-electron chi connectivity index (χ1n) is 28.3. The minimum absolute atomic E-state index is 0.0126. The Morgan fingerprint density at radius 2 is 0.926 bits per heavy atom. The van der Waals surface area contributed by atoms with Crippen LogP contribution in [0.1, 0.15) is 77.6 Å². The first-order valence-corrected chi connectivity index (χ1v) is 28.3. The van der Waals surface area contributed by atoms with Gasteiger partial charge in [0, 0.05) is 63.0 Å². The van der Waals surface area contributed by atoms with Crippen LogP contribution in [0.15, 0.2) is 206 Å². The van der Waals surface area contributed by atoms with Gasteiger partial charge in [0.25, 0.3) is 6.71 Å². The molecule has 7 nitrogen and oxygen atoms in total. The molecule has 0 unspecified atom stereocenters. The maximum Gasteiger partial charge on any atom is 0.252 e. The molecule has 5 aliphatic rings. The van der Waals surface area contributed by atoms with Crippen LogP contribution in [0.25, 0.3) is 33.4 Å². The Bertz CT molecular complexity index is 4180. The van der Waals surface area contributed by atoms with Gasteiger partial charge in [-0.3, -0.25) is 0 Å². The number of hydrogen-bond acceptors (Lipinski definition) is 7. The monoisotopic (exact) mass is 1060 g/mol. The van der Waals surface area contributed by atoms with Crippen LogP contribution in [0.5, 0.6) is 23.0 Å². The maximum absolute atomic E-state index is 6.22. The Balaban J connectivity index is 0.938. The second-order valence-electron chi connectivity index (χ2n) is 24.8. The number of anilines is 9. The summed E-state index contributed by atoms with van der Waals surface area (Å²) in [6, 6.07) is 76.6. The van der Waals surface area contributed by atoms with Gasteiger partial charge in [0.2, 0.25) is 13.6 Å². The van der Waals surface area contributed by atoms with Crippen LogP contribution in [-0.4, -0.2) is 20.3 Å². The second-order valence-corrected chi connectivity index (χ2v) is 24.8. The molecule has 396 valence electrons. The molecule has 4 aliphatic heterocycles. The van der Waals surface area contributed by atoms with Crippen LogP contribution >= 0.6 is 0 Å². The van der Waals surface area contributed by atoms with Crippen molar-refractivity contribution in [2.45, 2.75) is 71.6 Å². The first kappa shape index (κ1) is 48.9. The summed E-state index contributed by atoms with van der Waals surface area (Å²) in [5.74, 6) is 2.93. The topological polar surface area (TPSA) is 46.6 Å². The zero-order valence-corrected chi connectivity index (χ0v) is 47.1. The lowest BCUT2D eigenvalue weighted by Crippen LogP contribution is -2.61. The van der Waals surface area contributed by atoms with Gasteiger partial charge in [-0.2, -0.15) is 0 Å². The summed E-state index contributed by atoms with van der Waals surface area (Å²) < 4.78 is 24.5. The van der Waals surface area contributed by atoms with Crippen LogP contribution in [0.4, 0.5) is 51.2 Å². The molecule has 0 bridgehead atoms. The van der Waals surface area contributed by atoms with Crippen molar-refractivity contribution in [3.05, 3.63) is 229 Å². The number of ether oxygens (including phenoxy) is 4. The third-order valence-corrected chi connectivity index (χ3v) is 17.5. The molecular weight excluding hydrogens is 994 g/mol. The SMILES string of the molecule is CC(C)(C)c1ccc(N2c3ccc(C(C)(C)C)cc3B3c4cc5c(cc4N(c4ccc6c(c4)OCO6)c4cc(-c6ccc(N(c7ccc(-c8ccccc8)cc7)c7ccc8c(c7)C(C)(C)c7ccccc7-8)cc6)cc2c43)OCO5)cc1. The Labute approximate surface area is 475 Å². The summed E-state index contributed by atoms with van der Waals surface area (Å²) in [6.45, 7) is 18.7. The highest BCUT2D eigenvalue weighted by atomic mass is 16.7. The van der Waals surface area contributed by atoms with E-state index in [-0.39, 0.29) is 36.5 Å². The van der Waals surface area contributed by atoms with Gasteiger partial charge in [-0.05, 0) is 168 Å². The molecular formula is C73H62BN3O4. The summed E-state index contributed by atoms with van der Waals surface area (Å²) in [7, 11) is 0. The maximum atomic E-state index is 6.22. The molecule has 15 rings (SSSR count). The summed E-state index contributed by atoms with van der Waals surface area (Å²) >= 11 is 0. The van der Waals surface area contributed by atoms with Crippen molar-refractivity contribution in [3.63, 3.8) is 0 Å². The molecule has 0 amide bonds. The van der Waals surface area contributed by atoms with E-state index < -0.39 is 0 Å². The van der Waals surface area contributed by atoms with Crippen molar-refractivity contribution in [1.82, 2.24) is 0 Å². The Morgan fingerprint density at radius 1 is 0.395 bits per heavy atom. The zero-order valence-electron chi connectivity index (χ0n) is 47.1. The van der Waals surface area contributed by atoms with E-state index in [1.807, 2.05) is 6.07 Å². The molecule has 0 atom stereocenters. The van der Waals surface area contributed by atoms with Crippen LogP contribution in [0, 0.1) is 0 Å². The van der Waals surface area contributed by atoms with Crippen LogP contribution in [-0.2, 0) is 16.2 Å². The summed E-state index contributed by atoms with van der Waals surface area (Å²) in [5.41, 5.74) is 25.4. The number of rotatable bonds is 7. The molecule has 8 heteroatoms. The van der Waals surface area contributed by atoms with E-state index in [2.05, 4.69) is 270 Å². The first-order chi connectivity index (χ1) is 39.2. The average Bonchev–Trinajstić information content (AvgIpc) is 3.22. The van der Waals surface area contributed by atoms with Gasteiger partial charge < -0.3 is 33.6 Å². The molecule has 0 aromatic heterocycles. The number of nitrogens with zero attached hydrogens (tertiary/aromatic N) is 3. The minimum Gasteiger partial charge on any atom is -0.454 e. The lowest BCUT2D eigenvalue weighted by atomic mass is 9.33. The molecule has 81 heavy (non-hydrogen) atoms. The highest BCUT2D eigenvalue weighted by molar-refractivity contribution is 7.00. The Kier molecular flexibility index (Phi) is 10.8. The van der Waals surface area contributed by atoms with E-state index in [4.69, 9.17) is 18.9 Å². The fraction of sp³-hybridized carbons (Fsp3) is 0.178. The fourth-order valence-corrected chi connectivity index (χ4v) is 13.2. The standard InChI is InChI=1S/C73H62BN3O4/c1-71(2,3)49-22-29-53(30-23-49)76-62-34-24-50(72(4,5)6)38-60(62)74-61-41-68-69(81-44-80-68)42-63(61)77(55-32-35-66-67(40-55)79-43-78-66)65-37-48(36-64(76)70(65)74)47-20-27-52(28-21-47)75(51-25-18-46(19-26-51)45-14-10-9-11-15-45)54-31-33-57-56-16-12-13-17-58(56)73(7,8)59(57)39-54/h9-42H,43-44H2,1-8H3. The lowest BCUT2D eigenvalue weighted by molar-refractivity contribution is 0.173. The van der Waals surface area contributed by atoms with Gasteiger partial charge in [-0.25, -0.2) is 0 Å². The van der Waals surface area contributed by atoms with Crippen molar-refractivity contribution in [2.75, 3.05) is 28.3 Å². The normalized spacial score (nSPS) is 14.7. The average molecular weight is 1060 g/mol. The summed E-state index contributed by atoms with van der Waals surface area (Å²) in [4.78, 5) is 7.32. The highest BCUT2D eigenvalue weighted by Crippen LogP contribution is 2.53. The molecule has 10 aromatic carbocycles. The van der Waals surface area contributed by atoms with E-state index in [1.165, 1.54) is 55.4 Å². The second kappa shape index (κ2) is 17.9. The number of benzene rings is 10. The van der Waals surface area contributed by atoms with Gasteiger partial charge >= 0.3 is 0 Å². The Hall–Kier alpha value is -9.14. The largest absolute Gasteiger partial charge is 0.454 e. The molecule has 4 heterocycles. The molecule has 1 aliphatic carbocycles. The van der Waals surface area contributed by atoms with Crippen LogP contribution < -0.4 is 50.0 Å². The minimum atomic E-state index is -0.159. The van der Waals surface area contributed by atoms with Crippen molar-refractivity contribution in [2.24, 2.45) is 0 Å². The molecule has 0 saturated carbocycles. The molecule has 0 radical (unpaired) electrons. The van der Waals surface area contributed by atoms with Gasteiger partial charge in [0.1, 0.15) is 0 Å². The van der Waals surface area contributed by atoms with Crippen molar-refractivity contribution < 1.29 is 18.9 Å². The van der Waals surface area contributed by atoms with Gasteiger partial charge in [-0.15, -0.1) is 0 Å². The Morgan fingerprint density at radius 3 is 1.60 bits per heavy atom. The predicted molar refractivity (Wildman–Crippen MR) is 333 cm³/mol. The molecule has 0 saturated heterocycles. The van der Waals surface area contributed by atoms with Crippen LogP contribution in [0.3, 0.4) is 0 Å². The molecule has 0 N–H and O–H groups in total. The predicted octanol–water partition coefficient (Wildman–Crippen LogP) is 16.9. The van der Waals surface area contributed by atoms with Gasteiger partial charge in [0.15, 0.2) is 23.0 Å². The van der Waals surface area contributed by atoms with E-state index in [0.717, 1.165) is 85.0 Å². The summed E-state index contributed by atoms with van der Waals surface area (Å²) in [6.07, 6.45) is 0. The molecule has 0 spiro atoms. The third-order valence-electron chi connectivity index (χ3n) is 17.5. The number of fused-ring (bicyclic) bond motifs is 9. The van der Waals surface area contributed by atoms with Crippen molar-refractivity contribution >= 4 is 74.3 Å². The van der Waals surface area contributed by atoms with Gasteiger partial charge in [0.05, 0.1) is 5.69 Å². The van der Waals surface area contributed by atoms with Crippen LogP contribution in [0.2, 0.25) is 0 Å². The van der Waals surface area contributed by atoms with E-state index >= 15 is 0 Å². The van der Waals surface area contributed by atoms with E-state index in [9.17, 15) is 0 Å². The van der Waals surface area contributed by atoms with Gasteiger partial charge in [-0.1, -0.05) is 165 Å². The zero-order chi connectivity index (χ0) is 55.1. The van der Waals surface area contributed by atoms with E-state index in [1.54, 1.807) is 0 Å².